The van der Waals surface area contributed by atoms with Crippen molar-refractivity contribution < 1.29 is 32.5 Å². The van der Waals surface area contributed by atoms with Gasteiger partial charge in [-0.1, -0.05) is 6.07 Å². The summed E-state index contributed by atoms with van der Waals surface area (Å²) in [4.78, 5) is 14.8. The largest absolute Gasteiger partial charge is 0.490 e. The van der Waals surface area contributed by atoms with Gasteiger partial charge in [0, 0.05) is 18.1 Å². The lowest BCUT2D eigenvalue weighted by Crippen LogP contribution is -2.30. The molecule has 2 aromatic rings. The first-order valence-corrected chi connectivity index (χ1v) is 13.1. The van der Waals surface area contributed by atoms with Crippen molar-refractivity contribution in [2.75, 3.05) is 37.2 Å². The van der Waals surface area contributed by atoms with E-state index in [1.54, 1.807) is 6.07 Å². The minimum Gasteiger partial charge on any atom is -0.490 e. The maximum atomic E-state index is 14.2. The maximum Gasteiger partial charge on any atom is 0.341 e. The van der Waals surface area contributed by atoms with E-state index in [9.17, 15) is 23.1 Å². The number of rotatable bonds is 8. The smallest absolute Gasteiger partial charge is 0.341 e. The number of carboxylic acids is 1. The van der Waals surface area contributed by atoms with Crippen LogP contribution in [0.2, 0.25) is 0 Å². The molecule has 10 heteroatoms. The first-order valence-electron chi connectivity index (χ1n) is 12.0. The van der Waals surface area contributed by atoms with Crippen LogP contribution < -0.4 is 9.04 Å². The van der Waals surface area contributed by atoms with Gasteiger partial charge in [-0.3, -0.25) is 4.55 Å². The van der Waals surface area contributed by atoms with E-state index in [4.69, 9.17) is 9.47 Å². The van der Waals surface area contributed by atoms with E-state index < -0.39 is 23.1 Å². The van der Waals surface area contributed by atoms with Crippen LogP contribution in [0.3, 0.4) is 0 Å². The van der Waals surface area contributed by atoms with Crippen LogP contribution in [0.15, 0.2) is 30.3 Å². The van der Waals surface area contributed by atoms with E-state index in [1.165, 1.54) is 37.1 Å². The Balaban J connectivity index is 1.53. The van der Waals surface area contributed by atoms with Gasteiger partial charge in [0.05, 0.1) is 17.5 Å². The highest BCUT2D eigenvalue weighted by Crippen LogP contribution is 2.46. The van der Waals surface area contributed by atoms with Crippen LogP contribution in [-0.4, -0.2) is 63.7 Å². The van der Waals surface area contributed by atoms with Gasteiger partial charge >= 0.3 is 5.97 Å². The molecule has 0 saturated carbocycles. The zero-order valence-electron chi connectivity index (χ0n) is 19.3. The molecule has 0 amide bonds. The quantitative estimate of drug-likeness (QED) is 0.523. The summed E-state index contributed by atoms with van der Waals surface area (Å²) in [6.07, 6.45) is 4.22. The summed E-state index contributed by atoms with van der Waals surface area (Å²) in [5, 5.41) is 10.1. The highest BCUT2D eigenvalue weighted by Gasteiger charge is 2.39. The number of halogens is 1. The molecule has 2 aromatic carbocycles. The van der Waals surface area contributed by atoms with Crippen LogP contribution in [0.25, 0.3) is 0 Å². The van der Waals surface area contributed by atoms with Crippen molar-refractivity contribution in [3.63, 3.8) is 0 Å². The number of aryl methyl sites for hydroxylation is 1. The summed E-state index contributed by atoms with van der Waals surface area (Å²) in [6, 6.07) is 7.29. The molecule has 3 aliphatic heterocycles. The van der Waals surface area contributed by atoms with Crippen molar-refractivity contribution in [2.45, 2.75) is 44.1 Å². The fourth-order valence-electron chi connectivity index (χ4n) is 5.50. The lowest BCUT2D eigenvalue weighted by molar-refractivity contribution is 0.0483. The predicted molar refractivity (Wildman–Crippen MR) is 129 cm³/mol. The zero-order chi connectivity index (χ0) is 24.5. The monoisotopic (exact) mass is 504 g/mol. The molecular formula is C25H29FN2O6S. The second kappa shape index (κ2) is 10.2. The second-order valence-electron chi connectivity index (χ2n) is 9.25. The number of benzene rings is 2. The summed E-state index contributed by atoms with van der Waals surface area (Å²) < 4.78 is 49.7. The molecule has 2 fully saturated rings. The average molecular weight is 505 g/mol. The molecule has 3 unspecified atom stereocenters. The van der Waals surface area contributed by atoms with E-state index in [0.717, 1.165) is 42.3 Å². The molecule has 0 aliphatic carbocycles. The van der Waals surface area contributed by atoms with E-state index in [0.29, 0.717) is 24.3 Å². The maximum absolute atomic E-state index is 14.2. The fraction of sp³-hybridized carbons (Fsp3) is 0.480. The average Bonchev–Trinajstić information content (AvgIpc) is 3.52. The van der Waals surface area contributed by atoms with Gasteiger partial charge < -0.3 is 19.5 Å². The Bertz CT molecular complexity index is 1140. The molecule has 2 N–H and O–H groups in total. The van der Waals surface area contributed by atoms with E-state index in [2.05, 4.69) is 4.90 Å². The van der Waals surface area contributed by atoms with Gasteiger partial charge in [-0.2, -0.15) is 0 Å². The number of nitrogens with zero attached hydrogens (tertiary/aromatic N) is 2. The van der Waals surface area contributed by atoms with Gasteiger partial charge in [0.25, 0.3) is 11.3 Å². The third kappa shape index (κ3) is 4.80. The highest BCUT2D eigenvalue weighted by molar-refractivity contribution is 7.81. The lowest BCUT2D eigenvalue weighted by atomic mass is 9.88. The summed E-state index contributed by atoms with van der Waals surface area (Å²) in [5.74, 6) is -1.49. The number of likely N-dealkylation sites (tertiary alicyclic amines) is 1. The molecule has 3 aliphatic rings. The van der Waals surface area contributed by atoms with Crippen LogP contribution in [0.5, 0.6) is 5.75 Å². The molecule has 2 saturated heterocycles. The number of carboxylic acid groups (broad SMARTS) is 1. The highest BCUT2D eigenvalue weighted by atomic mass is 32.2. The van der Waals surface area contributed by atoms with Crippen molar-refractivity contribution in [1.29, 1.82) is 0 Å². The first kappa shape index (κ1) is 24.2. The van der Waals surface area contributed by atoms with Gasteiger partial charge in [0.1, 0.15) is 23.7 Å². The van der Waals surface area contributed by atoms with E-state index in [1.807, 2.05) is 0 Å². The minimum atomic E-state index is -2.61. The van der Waals surface area contributed by atoms with Gasteiger partial charge in [0.15, 0.2) is 0 Å². The molecule has 0 spiro atoms. The number of fused-ring (bicyclic) bond motifs is 3. The molecule has 5 rings (SSSR count). The Hall–Kier alpha value is -2.53. The summed E-state index contributed by atoms with van der Waals surface area (Å²) in [7, 11) is 0. The molecule has 8 nitrogen and oxygen atoms in total. The van der Waals surface area contributed by atoms with Crippen LogP contribution in [0, 0.1) is 5.82 Å². The van der Waals surface area contributed by atoms with Crippen LogP contribution in [0.4, 0.5) is 15.8 Å². The normalized spacial score (nSPS) is 22.3. The molecule has 0 bridgehead atoms. The zero-order valence-corrected chi connectivity index (χ0v) is 20.1. The predicted octanol–water partition coefficient (Wildman–Crippen LogP) is 4.09. The SMILES string of the molecule is O=C(O)c1c(N(c2ccc(F)cc2CCCN2CCCC2)S(=O)O)ccc2c1OCC1OCCC21. The topological polar surface area (TPSA) is 99.5 Å². The molecule has 35 heavy (non-hydrogen) atoms. The number of anilines is 2. The lowest BCUT2D eigenvalue weighted by Gasteiger charge is -2.31. The molecule has 3 atom stereocenters. The summed E-state index contributed by atoms with van der Waals surface area (Å²) in [5.41, 5.74) is 1.43. The summed E-state index contributed by atoms with van der Waals surface area (Å²) >= 11 is -2.61. The van der Waals surface area contributed by atoms with Gasteiger partial charge in [-0.05, 0) is 81.6 Å². The molecule has 188 valence electrons. The van der Waals surface area contributed by atoms with Crippen LogP contribution >= 0.6 is 0 Å². The number of aromatic carboxylic acids is 1. The van der Waals surface area contributed by atoms with Crippen molar-refractivity contribution in [1.82, 2.24) is 4.90 Å². The Morgan fingerprint density at radius 1 is 1.20 bits per heavy atom. The van der Waals surface area contributed by atoms with Gasteiger partial charge in [-0.25, -0.2) is 17.7 Å². The molecule has 3 heterocycles. The Labute approximate surface area is 206 Å². The molecule has 0 radical (unpaired) electrons. The first-order chi connectivity index (χ1) is 16.9. The van der Waals surface area contributed by atoms with Crippen molar-refractivity contribution in [3.8, 4) is 5.75 Å². The third-order valence-electron chi connectivity index (χ3n) is 7.14. The number of ether oxygens (including phenoxy) is 2. The van der Waals surface area contributed by atoms with Gasteiger partial charge in [0.2, 0.25) is 0 Å². The summed E-state index contributed by atoms with van der Waals surface area (Å²) in [6.45, 7) is 3.75. The standard InChI is InChI=1S/C25H29FN2O6S/c26-17-5-7-20(16(14-17)4-3-12-27-10-1-2-11-27)28(35(31)32)21-8-6-19-18-9-13-33-22(18)15-34-24(19)23(21)25(29)30/h5-8,14,18,22H,1-4,9-13,15H2,(H,29,30)(H,31,32). The minimum absolute atomic E-state index is 0.0194. The third-order valence-corrected chi connectivity index (χ3v) is 7.84. The number of hydrogen-bond acceptors (Lipinski definition) is 5. The Kier molecular flexibility index (Phi) is 7.06. The van der Waals surface area contributed by atoms with Crippen molar-refractivity contribution in [2.24, 2.45) is 0 Å². The second-order valence-corrected chi connectivity index (χ2v) is 10.1. The Morgan fingerprint density at radius 3 is 2.71 bits per heavy atom. The number of carbonyl (C=O) groups is 1. The van der Waals surface area contributed by atoms with Crippen LogP contribution in [-0.2, 0) is 22.4 Å². The number of hydrogen-bond donors (Lipinski definition) is 2. The van der Waals surface area contributed by atoms with Crippen LogP contribution in [0.1, 0.15) is 53.1 Å². The van der Waals surface area contributed by atoms with Gasteiger partial charge in [-0.15, -0.1) is 0 Å². The molecule has 0 aromatic heterocycles. The van der Waals surface area contributed by atoms with E-state index in [-0.39, 0.29) is 35.6 Å². The van der Waals surface area contributed by atoms with Crippen molar-refractivity contribution >= 4 is 28.6 Å². The van der Waals surface area contributed by atoms with E-state index >= 15 is 0 Å². The fourth-order valence-corrected chi connectivity index (χ4v) is 6.16. The Morgan fingerprint density at radius 2 is 1.97 bits per heavy atom. The molecular weight excluding hydrogens is 475 g/mol. The van der Waals surface area contributed by atoms with Crippen molar-refractivity contribution in [3.05, 3.63) is 52.8 Å².